The van der Waals surface area contributed by atoms with Crippen LogP contribution in [-0.4, -0.2) is 9.13 Å². The Morgan fingerprint density at radius 1 is 0.205 bits per heavy atom. The fourth-order valence-electron chi connectivity index (χ4n) is 11.1. The molecule has 342 valence electrons. The summed E-state index contributed by atoms with van der Waals surface area (Å²) < 4.78 is 4.81. The molecule has 12 aromatic carbocycles. The molecule has 0 saturated heterocycles. The lowest BCUT2D eigenvalue weighted by Gasteiger charge is -2.25. The van der Waals surface area contributed by atoms with Gasteiger partial charge in [0.1, 0.15) is 0 Å². The molecular weight excluding hydrogens is 883 g/mol. The summed E-state index contributed by atoms with van der Waals surface area (Å²) in [6.07, 6.45) is 0. The third-order valence-electron chi connectivity index (χ3n) is 14.6. The molecule has 0 aliphatic heterocycles. The van der Waals surface area contributed by atoms with Gasteiger partial charge in [-0.05, 0) is 177 Å². The quantitative estimate of drug-likeness (QED) is 0.141. The summed E-state index contributed by atoms with van der Waals surface area (Å²) in [5.74, 6) is 0. The van der Waals surface area contributed by atoms with E-state index in [2.05, 4.69) is 299 Å². The number of para-hydroxylation sites is 5. The van der Waals surface area contributed by atoms with E-state index >= 15 is 0 Å². The Morgan fingerprint density at radius 2 is 0.562 bits per heavy atom. The van der Waals surface area contributed by atoms with E-state index in [1.54, 1.807) is 0 Å². The van der Waals surface area contributed by atoms with Gasteiger partial charge in [-0.25, -0.2) is 0 Å². The Bertz CT molecular complexity index is 4290. The van der Waals surface area contributed by atoms with E-state index in [1.807, 2.05) is 0 Å². The van der Waals surface area contributed by atoms with Gasteiger partial charge in [-0.15, -0.1) is 0 Å². The number of rotatable bonds is 9. The Labute approximate surface area is 424 Å². The van der Waals surface area contributed by atoms with Crippen LogP contribution < -0.4 is 4.90 Å². The van der Waals surface area contributed by atoms with E-state index in [4.69, 9.17) is 0 Å². The van der Waals surface area contributed by atoms with Crippen molar-refractivity contribution in [2.45, 2.75) is 0 Å². The van der Waals surface area contributed by atoms with Crippen molar-refractivity contribution in [1.82, 2.24) is 9.13 Å². The normalized spacial score (nSPS) is 11.6. The molecule has 3 nitrogen and oxygen atoms in total. The average Bonchev–Trinajstić information content (AvgIpc) is 3.97. The van der Waals surface area contributed by atoms with Crippen LogP contribution in [0.5, 0.6) is 0 Å². The number of nitrogens with zero attached hydrogens (tertiary/aromatic N) is 3. The first-order valence-electron chi connectivity index (χ1n) is 25.1. The average molecular weight is 930 g/mol. The van der Waals surface area contributed by atoms with Crippen LogP contribution >= 0.6 is 0 Å². The predicted octanol–water partition coefficient (Wildman–Crippen LogP) is 19.2. The summed E-state index contributed by atoms with van der Waals surface area (Å²) in [6.45, 7) is 0. The van der Waals surface area contributed by atoms with E-state index in [9.17, 15) is 0 Å². The summed E-state index contributed by atoms with van der Waals surface area (Å²) in [4.78, 5) is 2.30. The first kappa shape index (κ1) is 42.2. The predicted molar refractivity (Wildman–Crippen MR) is 309 cm³/mol. The molecule has 0 amide bonds. The van der Waals surface area contributed by atoms with E-state index < -0.39 is 0 Å². The molecule has 2 heterocycles. The van der Waals surface area contributed by atoms with Crippen LogP contribution in [0, 0.1) is 0 Å². The fourth-order valence-corrected chi connectivity index (χ4v) is 11.1. The highest BCUT2D eigenvalue weighted by atomic mass is 15.1. The first-order valence-corrected chi connectivity index (χ1v) is 25.1. The highest BCUT2D eigenvalue weighted by Crippen LogP contribution is 2.42. The van der Waals surface area contributed by atoms with Crippen molar-refractivity contribution in [1.29, 1.82) is 0 Å². The number of fused-ring (bicyclic) bond motifs is 7. The Hall–Kier alpha value is -9.70. The SMILES string of the molecule is c1ccc(N(c2ccccc2)c2ccc(-c3ccc(-c4cc(-c5ccc6c(c5)c5ccccc5n6-c5ccccc5)cc(-c5ccc6c(c5)c5cc7ccccc7cc5n6-c5ccccc5)c4)cc3)cc2)cc1. The van der Waals surface area contributed by atoms with Gasteiger partial charge in [-0.2, -0.15) is 0 Å². The molecule has 0 radical (unpaired) electrons. The summed E-state index contributed by atoms with van der Waals surface area (Å²) in [5, 5.41) is 7.42. The fraction of sp³-hybridized carbons (Fsp3) is 0. The molecule has 0 spiro atoms. The molecule has 0 unspecified atom stereocenters. The molecule has 0 atom stereocenters. The maximum Gasteiger partial charge on any atom is 0.0547 e. The van der Waals surface area contributed by atoms with Gasteiger partial charge in [-0.1, -0.05) is 164 Å². The van der Waals surface area contributed by atoms with E-state index in [-0.39, 0.29) is 0 Å². The number of hydrogen-bond acceptors (Lipinski definition) is 1. The Balaban J connectivity index is 0.904. The minimum absolute atomic E-state index is 1.11. The minimum Gasteiger partial charge on any atom is -0.311 e. The zero-order valence-corrected chi connectivity index (χ0v) is 40.0. The van der Waals surface area contributed by atoms with Gasteiger partial charge in [-0.3, -0.25) is 0 Å². The van der Waals surface area contributed by atoms with Gasteiger partial charge in [0.25, 0.3) is 0 Å². The summed E-state index contributed by atoms with van der Waals surface area (Å²) in [7, 11) is 0. The Morgan fingerprint density at radius 3 is 1.11 bits per heavy atom. The van der Waals surface area contributed by atoms with Crippen molar-refractivity contribution >= 4 is 71.4 Å². The number of anilines is 3. The van der Waals surface area contributed by atoms with Crippen molar-refractivity contribution in [3.8, 4) is 55.9 Å². The van der Waals surface area contributed by atoms with E-state index in [1.165, 1.54) is 93.3 Å². The van der Waals surface area contributed by atoms with Crippen LogP contribution in [0.1, 0.15) is 0 Å². The lowest BCUT2D eigenvalue weighted by atomic mass is 9.91. The lowest BCUT2D eigenvalue weighted by molar-refractivity contribution is 1.18. The maximum atomic E-state index is 2.42. The molecule has 73 heavy (non-hydrogen) atoms. The maximum absolute atomic E-state index is 2.42. The van der Waals surface area contributed by atoms with Gasteiger partial charge in [0.05, 0.1) is 22.1 Å². The van der Waals surface area contributed by atoms with Gasteiger partial charge in [0.15, 0.2) is 0 Å². The third-order valence-corrected chi connectivity index (χ3v) is 14.6. The summed E-state index contributed by atoms with van der Waals surface area (Å²) >= 11 is 0. The third kappa shape index (κ3) is 7.46. The molecular formula is C70H47N3. The van der Waals surface area contributed by atoms with Crippen LogP contribution in [0.25, 0.3) is 110 Å². The standard InChI is InChI=1S/C70H47N3/c1-5-19-58(20-6-1)71(59-21-7-2-8-22-59)62-37-33-49(34-38-62)48-29-31-50(32-30-48)55-41-56(53-35-39-68-64(45-53)63-27-15-16-28-67(63)72(68)60-23-9-3-10-24-60)43-57(42-55)54-36-40-69-65(46-54)66-44-51-17-13-14-18-52(51)47-70(66)73(69)61-25-11-4-12-26-61/h1-47H. The first-order chi connectivity index (χ1) is 36.2. The molecule has 0 saturated carbocycles. The summed E-state index contributed by atoms with van der Waals surface area (Å²) in [6, 6.07) is 104. The van der Waals surface area contributed by atoms with Gasteiger partial charge < -0.3 is 14.0 Å². The minimum atomic E-state index is 1.11. The van der Waals surface area contributed by atoms with Crippen molar-refractivity contribution in [2.24, 2.45) is 0 Å². The molecule has 14 aromatic rings. The lowest BCUT2D eigenvalue weighted by Crippen LogP contribution is -2.09. The molecule has 0 aliphatic carbocycles. The Kier molecular flexibility index (Phi) is 10.2. The second-order valence-corrected chi connectivity index (χ2v) is 19.0. The van der Waals surface area contributed by atoms with E-state index in [0.717, 1.165) is 34.0 Å². The number of benzene rings is 12. The number of aromatic nitrogens is 2. The second kappa shape index (κ2) is 17.6. The number of hydrogen-bond donors (Lipinski definition) is 0. The van der Waals surface area contributed by atoms with Crippen molar-refractivity contribution in [3.63, 3.8) is 0 Å². The topological polar surface area (TPSA) is 13.1 Å². The molecule has 0 fully saturated rings. The van der Waals surface area contributed by atoms with E-state index in [0.29, 0.717) is 0 Å². The van der Waals surface area contributed by atoms with Crippen molar-refractivity contribution in [2.75, 3.05) is 4.90 Å². The van der Waals surface area contributed by atoms with Crippen molar-refractivity contribution < 1.29 is 0 Å². The van der Waals surface area contributed by atoms with Crippen LogP contribution in [-0.2, 0) is 0 Å². The van der Waals surface area contributed by atoms with Gasteiger partial charge in [0, 0.05) is 50.0 Å². The van der Waals surface area contributed by atoms with Gasteiger partial charge >= 0.3 is 0 Å². The van der Waals surface area contributed by atoms with Crippen LogP contribution in [0.4, 0.5) is 17.1 Å². The van der Waals surface area contributed by atoms with Crippen LogP contribution in [0.15, 0.2) is 285 Å². The monoisotopic (exact) mass is 929 g/mol. The molecule has 0 bridgehead atoms. The molecule has 14 rings (SSSR count). The zero-order chi connectivity index (χ0) is 48.2. The van der Waals surface area contributed by atoms with Crippen molar-refractivity contribution in [3.05, 3.63) is 285 Å². The molecule has 0 N–H and O–H groups in total. The molecule has 0 aliphatic rings. The van der Waals surface area contributed by atoms with Gasteiger partial charge in [0.2, 0.25) is 0 Å². The smallest absolute Gasteiger partial charge is 0.0547 e. The second-order valence-electron chi connectivity index (χ2n) is 19.0. The summed E-state index contributed by atoms with van der Waals surface area (Å²) in [5.41, 5.74) is 19.8. The highest BCUT2D eigenvalue weighted by Gasteiger charge is 2.18. The molecule has 3 heteroatoms. The van der Waals surface area contributed by atoms with Crippen LogP contribution in [0.3, 0.4) is 0 Å². The largest absolute Gasteiger partial charge is 0.311 e. The van der Waals surface area contributed by atoms with Crippen LogP contribution in [0.2, 0.25) is 0 Å². The highest BCUT2D eigenvalue weighted by molar-refractivity contribution is 6.15. The molecule has 2 aromatic heterocycles. The zero-order valence-electron chi connectivity index (χ0n) is 40.0.